The number of aromatic nitrogens is 3. The summed E-state index contributed by atoms with van der Waals surface area (Å²) in [5, 5.41) is 14.5. The Hall–Kier alpha value is -1.33. The fourth-order valence-electron chi connectivity index (χ4n) is 2.10. The summed E-state index contributed by atoms with van der Waals surface area (Å²) in [6.07, 6.45) is 1.49. The van der Waals surface area contributed by atoms with Gasteiger partial charge in [0.15, 0.2) is 0 Å². The Morgan fingerprint density at radius 1 is 1.25 bits per heavy atom. The highest BCUT2D eigenvalue weighted by molar-refractivity contribution is 7.99. The predicted octanol–water partition coefficient (Wildman–Crippen LogP) is 3.25. The summed E-state index contributed by atoms with van der Waals surface area (Å²) in [7, 11) is 0. The molecule has 0 radical (unpaired) electrons. The topological polar surface area (TPSA) is 50.9 Å². The number of rotatable bonds is 6. The fraction of sp³-hybridized carbons (Fsp3) is 0.467. The van der Waals surface area contributed by atoms with Crippen LogP contribution in [-0.4, -0.2) is 25.6 Å². The van der Waals surface area contributed by atoms with Gasteiger partial charge in [-0.25, -0.2) is 9.67 Å². The van der Waals surface area contributed by atoms with Crippen LogP contribution < -0.4 is 0 Å². The van der Waals surface area contributed by atoms with E-state index >= 15 is 0 Å². The van der Waals surface area contributed by atoms with Crippen LogP contribution in [0.2, 0.25) is 0 Å². The van der Waals surface area contributed by atoms with Crippen LogP contribution in [0.3, 0.4) is 0 Å². The molecule has 0 spiro atoms. The first-order valence-electron chi connectivity index (χ1n) is 6.91. The molecule has 0 saturated carbocycles. The van der Waals surface area contributed by atoms with Crippen molar-refractivity contribution in [2.24, 2.45) is 0 Å². The number of aliphatic hydroxyl groups is 1. The number of benzene rings is 1. The Morgan fingerprint density at radius 2 is 1.95 bits per heavy atom. The van der Waals surface area contributed by atoms with Crippen molar-refractivity contribution >= 4 is 11.8 Å². The van der Waals surface area contributed by atoms with E-state index in [-0.39, 0.29) is 6.04 Å². The molecule has 1 unspecified atom stereocenters. The van der Waals surface area contributed by atoms with E-state index in [9.17, 15) is 5.11 Å². The van der Waals surface area contributed by atoms with Crippen LogP contribution in [0.15, 0.2) is 35.5 Å². The van der Waals surface area contributed by atoms with Crippen LogP contribution in [0.4, 0.5) is 0 Å². The zero-order valence-corrected chi connectivity index (χ0v) is 13.0. The lowest BCUT2D eigenvalue weighted by Crippen LogP contribution is -2.12. The maximum atomic E-state index is 10.3. The van der Waals surface area contributed by atoms with Crippen LogP contribution in [0, 0.1) is 0 Å². The van der Waals surface area contributed by atoms with Crippen LogP contribution in [0.5, 0.6) is 0 Å². The van der Waals surface area contributed by atoms with E-state index in [0.717, 1.165) is 17.1 Å². The summed E-state index contributed by atoms with van der Waals surface area (Å²) < 4.78 is 1.85. The summed E-state index contributed by atoms with van der Waals surface area (Å²) in [6, 6.07) is 8.33. The first kappa shape index (κ1) is 15.1. The SMILES string of the molecule is CCSc1ccc(C(O)Cc2ncnn2C(C)C)cc1. The molecular formula is C15H21N3OS. The second kappa shape index (κ2) is 6.90. The molecular weight excluding hydrogens is 270 g/mol. The van der Waals surface area contributed by atoms with Gasteiger partial charge >= 0.3 is 0 Å². The molecule has 20 heavy (non-hydrogen) atoms. The zero-order chi connectivity index (χ0) is 14.5. The summed E-state index contributed by atoms with van der Waals surface area (Å²) in [6.45, 7) is 6.24. The summed E-state index contributed by atoms with van der Waals surface area (Å²) in [5.74, 6) is 1.87. The average Bonchev–Trinajstić information content (AvgIpc) is 2.88. The van der Waals surface area contributed by atoms with Gasteiger partial charge < -0.3 is 5.11 Å². The molecule has 0 aliphatic heterocycles. The molecule has 0 saturated heterocycles. The van der Waals surface area contributed by atoms with Gasteiger partial charge in [0.25, 0.3) is 0 Å². The Labute approximate surface area is 124 Å². The van der Waals surface area contributed by atoms with Gasteiger partial charge in [0.2, 0.25) is 0 Å². The third kappa shape index (κ3) is 3.61. The highest BCUT2D eigenvalue weighted by Gasteiger charge is 2.14. The molecule has 0 fully saturated rings. The minimum absolute atomic E-state index is 0.253. The molecule has 0 amide bonds. The first-order valence-corrected chi connectivity index (χ1v) is 7.89. The van der Waals surface area contributed by atoms with Gasteiger partial charge in [-0.1, -0.05) is 19.1 Å². The smallest absolute Gasteiger partial charge is 0.138 e. The third-order valence-electron chi connectivity index (χ3n) is 3.09. The largest absolute Gasteiger partial charge is 0.388 e. The Kier molecular flexibility index (Phi) is 5.20. The minimum atomic E-state index is -0.544. The van der Waals surface area contributed by atoms with Gasteiger partial charge in [0, 0.05) is 17.4 Å². The number of aliphatic hydroxyl groups excluding tert-OH is 1. The van der Waals surface area contributed by atoms with Gasteiger partial charge in [-0.2, -0.15) is 5.10 Å². The van der Waals surface area contributed by atoms with E-state index in [1.807, 2.05) is 16.8 Å². The molecule has 0 bridgehead atoms. The maximum Gasteiger partial charge on any atom is 0.138 e. The van der Waals surface area contributed by atoms with E-state index in [1.54, 1.807) is 18.1 Å². The molecule has 1 atom stereocenters. The van der Waals surface area contributed by atoms with Gasteiger partial charge in [-0.15, -0.1) is 11.8 Å². The molecule has 1 N–H and O–H groups in total. The molecule has 0 aliphatic carbocycles. The first-order chi connectivity index (χ1) is 9.61. The van der Waals surface area contributed by atoms with E-state index in [2.05, 4.69) is 43.0 Å². The molecule has 0 aliphatic rings. The van der Waals surface area contributed by atoms with Gasteiger partial charge in [-0.05, 0) is 37.3 Å². The number of thioether (sulfide) groups is 1. The molecule has 1 heterocycles. The zero-order valence-electron chi connectivity index (χ0n) is 12.2. The second-order valence-corrected chi connectivity index (χ2v) is 6.27. The van der Waals surface area contributed by atoms with E-state index in [4.69, 9.17) is 0 Å². The summed E-state index contributed by atoms with van der Waals surface area (Å²) in [4.78, 5) is 5.47. The molecule has 5 heteroatoms. The summed E-state index contributed by atoms with van der Waals surface area (Å²) >= 11 is 1.80. The van der Waals surface area contributed by atoms with E-state index in [0.29, 0.717) is 6.42 Å². The van der Waals surface area contributed by atoms with Crippen molar-refractivity contribution in [1.82, 2.24) is 14.8 Å². The summed E-state index contributed by atoms with van der Waals surface area (Å²) in [5.41, 5.74) is 0.920. The van der Waals surface area contributed by atoms with Gasteiger partial charge in [0.1, 0.15) is 12.2 Å². The Balaban J connectivity index is 2.07. The maximum absolute atomic E-state index is 10.3. The average molecular weight is 291 g/mol. The van der Waals surface area contributed by atoms with E-state index < -0.39 is 6.10 Å². The quantitative estimate of drug-likeness (QED) is 0.830. The van der Waals surface area contributed by atoms with Crippen LogP contribution >= 0.6 is 11.8 Å². The van der Waals surface area contributed by atoms with Gasteiger partial charge in [-0.3, -0.25) is 0 Å². The lowest BCUT2D eigenvalue weighted by molar-refractivity contribution is 0.173. The predicted molar refractivity (Wildman–Crippen MR) is 81.9 cm³/mol. The van der Waals surface area contributed by atoms with Crippen LogP contribution in [0.1, 0.15) is 44.3 Å². The van der Waals surface area contributed by atoms with Crippen molar-refractivity contribution in [3.8, 4) is 0 Å². The van der Waals surface area contributed by atoms with Crippen molar-refractivity contribution in [3.63, 3.8) is 0 Å². The molecule has 2 rings (SSSR count). The number of hydrogen-bond acceptors (Lipinski definition) is 4. The lowest BCUT2D eigenvalue weighted by atomic mass is 10.1. The monoisotopic (exact) mass is 291 g/mol. The third-order valence-corrected chi connectivity index (χ3v) is 3.98. The lowest BCUT2D eigenvalue weighted by Gasteiger charge is -2.14. The van der Waals surface area contributed by atoms with Gasteiger partial charge in [0.05, 0.1) is 6.10 Å². The standard InChI is InChI=1S/C15H21N3OS/c1-4-20-13-7-5-12(6-8-13)14(19)9-15-16-10-17-18(15)11(2)3/h5-8,10-11,14,19H,4,9H2,1-3H3. The highest BCUT2D eigenvalue weighted by Crippen LogP contribution is 2.23. The molecule has 4 nitrogen and oxygen atoms in total. The number of nitrogens with zero attached hydrogens (tertiary/aromatic N) is 3. The second-order valence-electron chi connectivity index (χ2n) is 4.94. The number of hydrogen-bond donors (Lipinski definition) is 1. The Morgan fingerprint density at radius 3 is 2.55 bits per heavy atom. The normalized spacial score (nSPS) is 12.8. The molecule has 1 aromatic carbocycles. The molecule has 1 aromatic heterocycles. The van der Waals surface area contributed by atoms with Crippen molar-refractivity contribution in [3.05, 3.63) is 42.0 Å². The van der Waals surface area contributed by atoms with Crippen molar-refractivity contribution in [1.29, 1.82) is 0 Å². The van der Waals surface area contributed by atoms with Crippen LogP contribution in [0.25, 0.3) is 0 Å². The fourth-order valence-corrected chi connectivity index (χ4v) is 2.76. The van der Waals surface area contributed by atoms with Crippen molar-refractivity contribution in [2.45, 2.75) is 44.2 Å². The molecule has 108 valence electrons. The minimum Gasteiger partial charge on any atom is -0.388 e. The molecule has 2 aromatic rings. The van der Waals surface area contributed by atoms with Crippen LogP contribution in [-0.2, 0) is 6.42 Å². The highest BCUT2D eigenvalue weighted by atomic mass is 32.2. The Bertz CT molecular complexity index is 536. The van der Waals surface area contributed by atoms with Crippen molar-refractivity contribution in [2.75, 3.05) is 5.75 Å². The van der Waals surface area contributed by atoms with E-state index in [1.165, 1.54) is 4.90 Å². The van der Waals surface area contributed by atoms with Crippen molar-refractivity contribution < 1.29 is 5.11 Å².